The van der Waals surface area contributed by atoms with E-state index in [1.54, 1.807) is 24.3 Å². The van der Waals surface area contributed by atoms with E-state index in [1.807, 2.05) is 0 Å². The zero-order valence-electron chi connectivity index (χ0n) is 11.7. The van der Waals surface area contributed by atoms with Crippen molar-refractivity contribution in [1.82, 2.24) is 8.54 Å². The lowest BCUT2D eigenvalue weighted by Gasteiger charge is -2.09. The number of nitrogens with zero attached hydrogens (tertiary/aromatic N) is 3. The first kappa shape index (κ1) is 15.2. The molecule has 1 aromatic carbocycles. The highest BCUT2D eigenvalue weighted by Crippen LogP contribution is 2.14. The molecular formula is C13H14FN3O3S. The van der Waals surface area contributed by atoms with E-state index in [4.69, 9.17) is 4.74 Å². The van der Waals surface area contributed by atoms with Crippen molar-refractivity contribution in [2.24, 2.45) is 12.0 Å². The Morgan fingerprint density at radius 3 is 2.43 bits per heavy atom. The lowest BCUT2D eigenvalue weighted by Crippen LogP contribution is -2.40. The summed E-state index contributed by atoms with van der Waals surface area (Å²) in [6.45, 7) is 0. The molecule has 0 saturated heterocycles. The van der Waals surface area contributed by atoms with Crippen LogP contribution >= 0.6 is 0 Å². The Bertz CT molecular complexity index is 809. The first-order valence-corrected chi connectivity index (χ1v) is 7.07. The third-order valence-corrected chi connectivity index (χ3v) is 4.18. The van der Waals surface area contributed by atoms with E-state index >= 15 is 0 Å². The van der Waals surface area contributed by atoms with E-state index in [1.165, 1.54) is 21.2 Å². The molecule has 0 bridgehead atoms. The fourth-order valence-corrected chi connectivity index (χ4v) is 2.84. The summed E-state index contributed by atoms with van der Waals surface area (Å²) in [4.78, 5) is 16.2. The maximum Gasteiger partial charge on any atom is 0.341 e. The molecule has 0 saturated carbocycles. The summed E-state index contributed by atoms with van der Waals surface area (Å²) in [7, 11) is 2.41. The minimum absolute atomic E-state index is 0.0945. The smallest absolute Gasteiger partial charge is 0.341 e. The number of aromatic nitrogens is 2. The molecule has 2 aromatic rings. The highest BCUT2D eigenvalue weighted by atomic mass is 32.2. The van der Waals surface area contributed by atoms with Gasteiger partial charge in [0.2, 0.25) is 0 Å². The fourth-order valence-electron chi connectivity index (χ4n) is 1.80. The highest BCUT2D eigenvalue weighted by molar-refractivity contribution is 7.83. The zero-order valence-corrected chi connectivity index (χ0v) is 12.6. The number of ether oxygens (including phenoxy) is 1. The molecule has 0 spiro atoms. The van der Waals surface area contributed by atoms with Crippen molar-refractivity contribution in [2.75, 3.05) is 14.2 Å². The second-order valence-electron chi connectivity index (χ2n) is 4.12. The molecule has 0 fully saturated rings. The molecule has 0 amide bonds. The van der Waals surface area contributed by atoms with Gasteiger partial charge in [0.15, 0.2) is 22.3 Å². The third kappa shape index (κ3) is 2.80. The summed E-state index contributed by atoms with van der Waals surface area (Å²) in [5.41, 5.74) is -0.714. The van der Waals surface area contributed by atoms with E-state index in [-0.39, 0.29) is 5.49 Å². The largest absolute Gasteiger partial charge is 0.497 e. The summed E-state index contributed by atoms with van der Waals surface area (Å²) >= 11 is 0. The third-order valence-electron chi connectivity index (χ3n) is 2.89. The van der Waals surface area contributed by atoms with Crippen LogP contribution in [0.2, 0.25) is 0 Å². The Morgan fingerprint density at radius 1 is 1.29 bits per heavy atom. The standard InChI is InChI=1S/C13H14FN3O3S/c1-15-12-11(14)8-17(13(18)16(12)2)21(19)10-6-4-9(20-3)5-7-10/h4-8H,1-3H3. The van der Waals surface area contributed by atoms with Crippen molar-refractivity contribution in [2.45, 2.75) is 4.90 Å². The van der Waals surface area contributed by atoms with Crippen LogP contribution in [0.5, 0.6) is 5.75 Å². The van der Waals surface area contributed by atoms with Crippen molar-refractivity contribution >= 4 is 11.0 Å². The molecule has 0 radical (unpaired) electrons. The first-order valence-electron chi connectivity index (χ1n) is 5.97. The van der Waals surface area contributed by atoms with Gasteiger partial charge in [0.1, 0.15) is 5.75 Å². The lowest BCUT2D eigenvalue weighted by atomic mass is 10.3. The Kier molecular flexibility index (Phi) is 4.37. The molecular weight excluding hydrogens is 297 g/mol. The summed E-state index contributed by atoms with van der Waals surface area (Å²) in [5, 5.41) is 0. The highest BCUT2D eigenvalue weighted by Gasteiger charge is 2.13. The molecule has 2 rings (SSSR count). The molecule has 6 nitrogen and oxygen atoms in total. The van der Waals surface area contributed by atoms with Gasteiger partial charge in [-0.15, -0.1) is 0 Å². The second kappa shape index (κ2) is 6.04. The zero-order chi connectivity index (χ0) is 15.6. The Labute approximate surface area is 122 Å². The number of hydrogen-bond donors (Lipinski definition) is 0. The predicted molar refractivity (Wildman–Crippen MR) is 75.9 cm³/mol. The van der Waals surface area contributed by atoms with Crippen molar-refractivity contribution in [3.05, 3.63) is 52.3 Å². The molecule has 112 valence electrons. The molecule has 1 aromatic heterocycles. The predicted octanol–water partition coefficient (Wildman–Crippen LogP) is 0.436. The van der Waals surface area contributed by atoms with Gasteiger partial charge < -0.3 is 4.74 Å². The molecule has 1 unspecified atom stereocenters. The van der Waals surface area contributed by atoms with Gasteiger partial charge in [-0.05, 0) is 24.3 Å². The van der Waals surface area contributed by atoms with E-state index in [0.717, 1.165) is 14.7 Å². The van der Waals surface area contributed by atoms with Gasteiger partial charge >= 0.3 is 5.69 Å². The van der Waals surface area contributed by atoms with Gasteiger partial charge in [-0.25, -0.2) is 17.4 Å². The number of halogens is 1. The fraction of sp³-hybridized carbons (Fsp3) is 0.231. The van der Waals surface area contributed by atoms with Crippen LogP contribution in [-0.4, -0.2) is 26.9 Å². The molecule has 1 heterocycles. The van der Waals surface area contributed by atoms with E-state index in [9.17, 15) is 13.4 Å². The van der Waals surface area contributed by atoms with Gasteiger partial charge in [0, 0.05) is 14.1 Å². The topological polar surface area (TPSA) is 65.6 Å². The minimum atomic E-state index is -1.85. The molecule has 21 heavy (non-hydrogen) atoms. The van der Waals surface area contributed by atoms with Crippen LogP contribution in [0.15, 0.2) is 45.1 Å². The first-order chi connectivity index (χ1) is 9.99. The van der Waals surface area contributed by atoms with Crippen LogP contribution in [0.25, 0.3) is 0 Å². The van der Waals surface area contributed by atoms with E-state index < -0.39 is 22.5 Å². The van der Waals surface area contributed by atoms with Crippen molar-refractivity contribution in [3.8, 4) is 5.75 Å². The number of methoxy groups -OCH3 is 1. The Hall–Kier alpha value is -2.22. The quantitative estimate of drug-likeness (QED) is 0.826. The van der Waals surface area contributed by atoms with E-state index in [0.29, 0.717) is 10.6 Å². The maximum absolute atomic E-state index is 13.9. The van der Waals surface area contributed by atoms with Crippen molar-refractivity contribution in [3.63, 3.8) is 0 Å². The molecule has 0 N–H and O–H groups in total. The van der Waals surface area contributed by atoms with Crippen LogP contribution in [-0.2, 0) is 18.0 Å². The average molecular weight is 311 g/mol. The van der Waals surface area contributed by atoms with Crippen molar-refractivity contribution < 1.29 is 13.3 Å². The second-order valence-corrected chi connectivity index (χ2v) is 5.48. The maximum atomic E-state index is 13.9. The Morgan fingerprint density at radius 2 is 1.90 bits per heavy atom. The van der Waals surface area contributed by atoms with Gasteiger partial charge in [0.05, 0.1) is 18.2 Å². The molecule has 0 aliphatic rings. The lowest BCUT2D eigenvalue weighted by molar-refractivity contribution is 0.414. The van der Waals surface area contributed by atoms with Gasteiger partial charge in [-0.2, -0.15) is 0 Å². The summed E-state index contributed by atoms with van der Waals surface area (Å²) in [5.74, 6) is -0.124. The molecule has 0 aliphatic heterocycles. The summed E-state index contributed by atoms with van der Waals surface area (Å²) < 4.78 is 33.1. The summed E-state index contributed by atoms with van der Waals surface area (Å²) in [6.07, 6.45) is 0.894. The minimum Gasteiger partial charge on any atom is -0.497 e. The van der Waals surface area contributed by atoms with Gasteiger partial charge in [-0.3, -0.25) is 9.56 Å². The van der Waals surface area contributed by atoms with Gasteiger partial charge in [-0.1, -0.05) is 0 Å². The SMILES string of the molecule is CN=c1c(F)cn(S(=O)c2ccc(OC)cc2)c(=O)n1C. The van der Waals surface area contributed by atoms with Crippen molar-refractivity contribution in [1.29, 1.82) is 0 Å². The normalized spacial score (nSPS) is 13.2. The Balaban J connectivity index is 2.56. The number of rotatable bonds is 3. The number of hydrogen-bond acceptors (Lipinski definition) is 4. The summed E-state index contributed by atoms with van der Waals surface area (Å²) in [6, 6.07) is 6.34. The molecule has 1 atom stereocenters. The van der Waals surface area contributed by atoms with Crippen LogP contribution < -0.4 is 15.9 Å². The van der Waals surface area contributed by atoms with Gasteiger partial charge in [0.25, 0.3) is 0 Å². The van der Waals surface area contributed by atoms with Crippen LogP contribution in [0.1, 0.15) is 0 Å². The monoisotopic (exact) mass is 311 g/mol. The van der Waals surface area contributed by atoms with Crippen LogP contribution in [0.4, 0.5) is 4.39 Å². The van der Waals surface area contributed by atoms with E-state index in [2.05, 4.69) is 4.99 Å². The molecule has 8 heteroatoms. The molecule has 0 aliphatic carbocycles. The van der Waals surface area contributed by atoms with Crippen LogP contribution in [0.3, 0.4) is 0 Å². The van der Waals surface area contributed by atoms with Crippen LogP contribution in [0, 0.1) is 5.82 Å². The average Bonchev–Trinajstić information content (AvgIpc) is 2.51. The number of benzene rings is 1.